The third-order valence-corrected chi connectivity index (χ3v) is 3.59. The monoisotopic (exact) mass is 321 g/mol. The summed E-state index contributed by atoms with van der Waals surface area (Å²) in [5.41, 5.74) is -0.0296. The molecule has 0 saturated heterocycles. The molecular formula is C15H16FN3O2S. The van der Waals surface area contributed by atoms with Crippen LogP contribution in [0.3, 0.4) is 0 Å². The van der Waals surface area contributed by atoms with Gasteiger partial charge >= 0.3 is 0 Å². The SMILES string of the molecule is CCCN(CC(=O)Nc1nccs1)C(=O)c1ccccc1F. The van der Waals surface area contributed by atoms with E-state index in [1.165, 1.54) is 34.4 Å². The molecule has 22 heavy (non-hydrogen) atoms. The second-order valence-corrected chi connectivity index (χ2v) is 5.49. The Morgan fingerprint density at radius 2 is 2.14 bits per heavy atom. The fourth-order valence-electron chi connectivity index (χ4n) is 1.94. The van der Waals surface area contributed by atoms with Gasteiger partial charge in [0.1, 0.15) is 12.4 Å². The van der Waals surface area contributed by atoms with Crippen molar-refractivity contribution < 1.29 is 14.0 Å². The fraction of sp³-hybridized carbons (Fsp3) is 0.267. The van der Waals surface area contributed by atoms with E-state index >= 15 is 0 Å². The van der Waals surface area contributed by atoms with Gasteiger partial charge in [-0.15, -0.1) is 11.3 Å². The summed E-state index contributed by atoms with van der Waals surface area (Å²) in [4.78, 5) is 29.7. The van der Waals surface area contributed by atoms with E-state index in [0.717, 1.165) is 0 Å². The molecule has 1 heterocycles. The molecule has 0 aliphatic heterocycles. The summed E-state index contributed by atoms with van der Waals surface area (Å²) in [6.45, 7) is 2.12. The van der Waals surface area contributed by atoms with E-state index in [-0.39, 0.29) is 18.0 Å². The Kier molecular flexibility index (Phi) is 5.60. The average molecular weight is 321 g/mol. The molecule has 116 valence electrons. The Morgan fingerprint density at radius 3 is 2.77 bits per heavy atom. The Hall–Kier alpha value is -2.28. The van der Waals surface area contributed by atoms with Crippen molar-refractivity contribution in [1.82, 2.24) is 9.88 Å². The van der Waals surface area contributed by atoms with Gasteiger partial charge in [0.2, 0.25) is 5.91 Å². The molecular weight excluding hydrogens is 305 g/mol. The lowest BCUT2D eigenvalue weighted by molar-refractivity contribution is -0.116. The lowest BCUT2D eigenvalue weighted by Crippen LogP contribution is -2.38. The van der Waals surface area contributed by atoms with Crippen molar-refractivity contribution in [2.24, 2.45) is 0 Å². The molecule has 1 N–H and O–H groups in total. The van der Waals surface area contributed by atoms with Gasteiger partial charge in [-0.1, -0.05) is 19.1 Å². The second-order valence-electron chi connectivity index (χ2n) is 4.59. The zero-order valence-electron chi connectivity index (χ0n) is 12.1. The van der Waals surface area contributed by atoms with Crippen molar-refractivity contribution in [3.05, 3.63) is 47.2 Å². The van der Waals surface area contributed by atoms with Crippen molar-refractivity contribution >= 4 is 28.3 Å². The number of benzene rings is 1. The number of amides is 2. The summed E-state index contributed by atoms with van der Waals surface area (Å²) in [7, 11) is 0. The molecule has 0 aliphatic carbocycles. The highest BCUT2D eigenvalue weighted by atomic mass is 32.1. The molecule has 0 atom stereocenters. The summed E-state index contributed by atoms with van der Waals surface area (Å²) in [5, 5.41) is 4.82. The Morgan fingerprint density at radius 1 is 1.36 bits per heavy atom. The Bertz CT molecular complexity index is 646. The smallest absolute Gasteiger partial charge is 0.257 e. The lowest BCUT2D eigenvalue weighted by atomic mass is 10.2. The number of nitrogens with one attached hydrogen (secondary N) is 1. The standard InChI is InChI=1S/C15H16FN3O2S/c1-2-8-19(10-13(20)18-15-17-7-9-22-15)14(21)11-5-3-4-6-12(11)16/h3-7,9H,2,8,10H2,1H3,(H,17,18,20). The van der Waals surface area contributed by atoms with Crippen molar-refractivity contribution in [1.29, 1.82) is 0 Å². The van der Waals surface area contributed by atoms with Gasteiger partial charge in [0, 0.05) is 18.1 Å². The summed E-state index contributed by atoms with van der Waals surface area (Å²) in [6.07, 6.45) is 2.25. The number of carbonyl (C=O) groups excluding carboxylic acids is 2. The summed E-state index contributed by atoms with van der Waals surface area (Å²) in [6, 6.07) is 5.76. The number of rotatable bonds is 6. The molecule has 0 fully saturated rings. The summed E-state index contributed by atoms with van der Waals surface area (Å²) < 4.78 is 13.7. The van der Waals surface area contributed by atoms with Gasteiger partial charge in [0.25, 0.3) is 5.91 Å². The molecule has 0 radical (unpaired) electrons. The van der Waals surface area contributed by atoms with Crippen molar-refractivity contribution in [2.75, 3.05) is 18.4 Å². The number of aromatic nitrogens is 1. The molecule has 0 saturated carbocycles. The zero-order chi connectivity index (χ0) is 15.9. The molecule has 7 heteroatoms. The normalized spacial score (nSPS) is 10.3. The Balaban J connectivity index is 2.07. The predicted octanol–water partition coefficient (Wildman–Crippen LogP) is 2.77. The van der Waals surface area contributed by atoms with Gasteiger partial charge in [0.15, 0.2) is 5.13 Å². The molecule has 5 nitrogen and oxygen atoms in total. The minimum absolute atomic E-state index is 0.0296. The molecule has 0 bridgehead atoms. The van der Waals surface area contributed by atoms with Gasteiger partial charge in [-0.2, -0.15) is 0 Å². The molecule has 0 unspecified atom stereocenters. The largest absolute Gasteiger partial charge is 0.329 e. The highest BCUT2D eigenvalue weighted by molar-refractivity contribution is 7.13. The van der Waals surface area contributed by atoms with Crippen LogP contribution in [-0.4, -0.2) is 34.8 Å². The van der Waals surface area contributed by atoms with E-state index in [1.807, 2.05) is 6.92 Å². The maximum atomic E-state index is 13.7. The van der Waals surface area contributed by atoms with Crippen LogP contribution in [0.15, 0.2) is 35.8 Å². The number of thiazole rings is 1. The first-order chi connectivity index (χ1) is 10.6. The average Bonchev–Trinajstić information content (AvgIpc) is 2.99. The van der Waals surface area contributed by atoms with Gasteiger partial charge in [0.05, 0.1) is 5.56 Å². The van der Waals surface area contributed by atoms with Gasteiger partial charge in [-0.3, -0.25) is 9.59 Å². The van der Waals surface area contributed by atoms with Gasteiger partial charge in [-0.25, -0.2) is 9.37 Å². The van der Waals surface area contributed by atoms with Crippen LogP contribution in [-0.2, 0) is 4.79 Å². The maximum absolute atomic E-state index is 13.7. The minimum Gasteiger partial charge on any atom is -0.329 e. The predicted molar refractivity (Wildman–Crippen MR) is 83.3 cm³/mol. The Labute approximate surface area is 131 Å². The van der Waals surface area contributed by atoms with Gasteiger partial charge in [-0.05, 0) is 18.6 Å². The molecule has 0 spiro atoms. The first kappa shape index (κ1) is 16.1. The number of nitrogens with zero attached hydrogens (tertiary/aromatic N) is 2. The van der Waals surface area contributed by atoms with Crippen LogP contribution in [0, 0.1) is 5.82 Å². The molecule has 1 aromatic heterocycles. The van der Waals surface area contributed by atoms with E-state index in [4.69, 9.17) is 0 Å². The highest BCUT2D eigenvalue weighted by Crippen LogP contribution is 2.12. The van der Waals surface area contributed by atoms with E-state index in [2.05, 4.69) is 10.3 Å². The summed E-state index contributed by atoms with van der Waals surface area (Å²) >= 11 is 1.29. The van der Waals surface area contributed by atoms with Crippen LogP contribution in [0.4, 0.5) is 9.52 Å². The van der Waals surface area contributed by atoms with Crippen molar-refractivity contribution in [3.8, 4) is 0 Å². The maximum Gasteiger partial charge on any atom is 0.257 e. The van der Waals surface area contributed by atoms with Crippen molar-refractivity contribution in [2.45, 2.75) is 13.3 Å². The number of halogens is 1. The third kappa shape index (κ3) is 4.11. The van der Waals surface area contributed by atoms with Crippen LogP contribution in [0.25, 0.3) is 0 Å². The lowest BCUT2D eigenvalue weighted by Gasteiger charge is -2.21. The second kappa shape index (κ2) is 7.65. The van der Waals surface area contributed by atoms with E-state index in [1.54, 1.807) is 17.6 Å². The number of carbonyl (C=O) groups is 2. The van der Waals surface area contributed by atoms with Gasteiger partial charge < -0.3 is 10.2 Å². The molecule has 0 aliphatic rings. The quantitative estimate of drug-likeness (QED) is 0.890. The van der Waals surface area contributed by atoms with Crippen LogP contribution in [0.5, 0.6) is 0 Å². The van der Waals surface area contributed by atoms with Crippen LogP contribution < -0.4 is 5.32 Å². The van der Waals surface area contributed by atoms with Crippen LogP contribution >= 0.6 is 11.3 Å². The topological polar surface area (TPSA) is 62.3 Å². The first-order valence-corrected chi connectivity index (χ1v) is 7.73. The number of hydrogen-bond acceptors (Lipinski definition) is 4. The molecule has 1 aromatic carbocycles. The third-order valence-electron chi connectivity index (χ3n) is 2.90. The van der Waals surface area contributed by atoms with Crippen LogP contribution in [0.2, 0.25) is 0 Å². The summed E-state index contributed by atoms with van der Waals surface area (Å²) in [5.74, 6) is -1.43. The molecule has 2 amide bonds. The van der Waals surface area contributed by atoms with Crippen LogP contribution in [0.1, 0.15) is 23.7 Å². The zero-order valence-corrected chi connectivity index (χ0v) is 12.9. The number of hydrogen-bond donors (Lipinski definition) is 1. The minimum atomic E-state index is -0.589. The molecule has 2 rings (SSSR count). The van der Waals surface area contributed by atoms with E-state index in [0.29, 0.717) is 18.1 Å². The fourth-order valence-corrected chi connectivity index (χ4v) is 2.49. The molecule has 2 aromatic rings. The highest BCUT2D eigenvalue weighted by Gasteiger charge is 2.21. The van der Waals surface area contributed by atoms with Crippen molar-refractivity contribution in [3.63, 3.8) is 0 Å². The van der Waals surface area contributed by atoms with E-state index in [9.17, 15) is 14.0 Å². The number of anilines is 1. The first-order valence-electron chi connectivity index (χ1n) is 6.85. The van der Waals surface area contributed by atoms with E-state index < -0.39 is 11.7 Å².